The number of furan rings is 1. The number of benzene rings is 1. The van der Waals surface area contributed by atoms with E-state index in [9.17, 15) is 0 Å². The molecule has 1 saturated heterocycles. The van der Waals surface area contributed by atoms with Crippen molar-refractivity contribution in [3.8, 4) is 17.2 Å². The number of rotatable bonds is 6. The summed E-state index contributed by atoms with van der Waals surface area (Å²) in [4.78, 5) is 0. The molecular formula is C19H21N3O3. The predicted molar refractivity (Wildman–Crippen MR) is 94.6 cm³/mol. The molecule has 1 fully saturated rings. The van der Waals surface area contributed by atoms with Crippen LogP contribution in [0.3, 0.4) is 0 Å². The zero-order chi connectivity index (χ0) is 17.1. The predicted octanol–water partition coefficient (Wildman–Crippen LogP) is 3.76. The molecule has 2 N–H and O–H groups in total. The van der Waals surface area contributed by atoms with Gasteiger partial charge in [-0.2, -0.15) is 5.10 Å². The van der Waals surface area contributed by atoms with Crippen LogP contribution in [-0.4, -0.2) is 29.5 Å². The van der Waals surface area contributed by atoms with Crippen molar-refractivity contribution in [2.75, 3.05) is 18.5 Å². The Labute approximate surface area is 146 Å². The lowest BCUT2D eigenvalue weighted by Gasteiger charge is -2.16. The fraction of sp³-hybridized carbons (Fsp3) is 0.316. The standard InChI is InChI=1S/C19H21N3O3/c1-13-6-7-18(24-13)19-14(11-21-22-19)10-20-16-4-2-3-5-17(16)25-15-8-9-23-12-15/h2-7,11,15,20H,8-10,12H2,1H3,(H,21,22). The van der Waals surface area contributed by atoms with Crippen LogP contribution in [0.4, 0.5) is 5.69 Å². The van der Waals surface area contributed by atoms with E-state index in [0.29, 0.717) is 13.2 Å². The second kappa shape index (κ2) is 7.03. The molecule has 25 heavy (non-hydrogen) atoms. The summed E-state index contributed by atoms with van der Waals surface area (Å²) in [6, 6.07) is 11.9. The first-order valence-corrected chi connectivity index (χ1v) is 8.46. The van der Waals surface area contributed by atoms with Crippen LogP contribution in [0.15, 0.2) is 47.0 Å². The summed E-state index contributed by atoms with van der Waals surface area (Å²) in [7, 11) is 0. The Morgan fingerprint density at radius 3 is 3.00 bits per heavy atom. The highest BCUT2D eigenvalue weighted by molar-refractivity contribution is 5.60. The highest BCUT2D eigenvalue weighted by atomic mass is 16.5. The van der Waals surface area contributed by atoms with Crippen molar-refractivity contribution < 1.29 is 13.9 Å². The van der Waals surface area contributed by atoms with Crippen LogP contribution >= 0.6 is 0 Å². The van der Waals surface area contributed by atoms with Crippen molar-refractivity contribution >= 4 is 5.69 Å². The minimum Gasteiger partial charge on any atom is -0.486 e. The maximum Gasteiger partial charge on any atom is 0.152 e. The third-order valence-electron chi connectivity index (χ3n) is 4.24. The minimum atomic E-state index is 0.124. The summed E-state index contributed by atoms with van der Waals surface area (Å²) in [5.74, 6) is 2.51. The molecule has 0 saturated carbocycles. The zero-order valence-electron chi connectivity index (χ0n) is 14.1. The number of aromatic nitrogens is 2. The average Bonchev–Trinajstić information content (AvgIpc) is 3.35. The third-order valence-corrected chi connectivity index (χ3v) is 4.24. The molecule has 1 atom stereocenters. The number of nitrogens with zero attached hydrogens (tertiary/aromatic N) is 1. The van der Waals surface area contributed by atoms with E-state index in [4.69, 9.17) is 13.9 Å². The molecule has 3 heterocycles. The maximum atomic E-state index is 6.07. The Morgan fingerprint density at radius 2 is 2.20 bits per heavy atom. The molecule has 4 rings (SSSR count). The van der Waals surface area contributed by atoms with Crippen molar-refractivity contribution in [2.24, 2.45) is 0 Å². The monoisotopic (exact) mass is 339 g/mol. The van der Waals surface area contributed by atoms with E-state index in [2.05, 4.69) is 15.5 Å². The van der Waals surface area contributed by atoms with Gasteiger partial charge in [-0.25, -0.2) is 0 Å². The Balaban J connectivity index is 1.48. The van der Waals surface area contributed by atoms with E-state index in [1.165, 1.54) is 0 Å². The third kappa shape index (κ3) is 3.53. The highest BCUT2D eigenvalue weighted by Crippen LogP contribution is 2.29. The molecule has 1 aliphatic rings. The van der Waals surface area contributed by atoms with Gasteiger partial charge in [0.15, 0.2) is 5.76 Å². The topological polar surface area (TPSA) is 72.3 Å². The van der Waals surface area contributed by atoms with Gasteiger partial charge < -0.3 is 19.2 Å². The lowest BCUT2D eigenvalue weighted by atomic mass is 10.2. The van der Waals surface area contributed by atoms with Crippen molar-refractivity contribution in [3.05, 3.63) is 53.9 Å². The molecule has 0 radical (unpaired) electrons. The minimum absolute atomic E-state index is 0.124. The van der Waals surface area contributed by atoms with Crippen molar-refractivity contribution in [1.82, 2.24) is 10.2 Å². The molecule has 1 aromatic carbocycles. The fourth-order valence-corrected chi connectivity index (χ4v) is 2.92. The van der Waals surface area contributed by atoms with Gasteiger partial charge in [0, 0.05) is 18.5 Å². The number of hydrogen-bond acceptors (Lipinski definition) is 5. The molecule has 0 amide bonds. The highest BCUT2D eigenvalue weighted by Gasteiger charge is 2.18. The molecule has 1 aliphatic heterocycles. The van der Waals surface area contributed by atoms with Gasteiger partial charge in [0.05, 0.1) is 25.1 Å². The second-order valence-corrected chi connectivity index (χ2v) is 6.13. The molecule has 0 aliphatic carbocycles. The van der Waals surface area contributed by atoms with Crippen molar-refractivity contribution in [3.63, 3.8) is 0 Å². The summed E-state index contributed by atoms with van der Waals surface area (Å²) in [6.45, 7) is 3.96. The molecule has 6 heteroatoms. The van der Waals surface area contributed by atoms with E-state index in [1.54, 1.807) is 0 Å². The smallest absolute Gasteiger partial charge is 0.152 e. The van der Waals surface area contributed by atoms with Crippen molar-refractivity contribution in [1.29, 1.82) is 0 Å². The molecule has 3 aromatic rings. The number of aryl methyl sites for hydroxylation is 1. The van der Waals surface area contributed by atoms with Crippen LogP contribution in [0.25, 0.3) is 11.5 Å². The lowest BCUT2D eigenvalue weighted by molar-refractivity contribution is 0.142. The Hall–Kier alpha value is -2.73. The van der Waals surface area contributed by atoms with Gasteiger partial charge in [-0.15, -0.1) is 0 Å². The number of hydrogen-bond donors (Lipinski definition) is 2. The molecule has 2 aromatic heterocycles. The van der Waals surface area contributed by atoms with Crippen LogP contribution < -0.4 is 10.1 Å². The summed E-state index contributed by atoms with van der Waals surface area (Å²) >= 11 is 0. The zero-order valence-corrected chi connectivity index (χ0v) is 14.1. The largest absolute Gasteiger partial charge is 0.486 e. The van der Waals surface area contributed by atoms with Crippen LogP contribution in [0.5, 0.6) is 5.75 Å². The van der Waals surface area contributed by atoms with E-state index in [0.717, 1.165) is 47.2 Å². The fourth-order valence-electron chi connectivity index (χ4n) is 2.92. The van der Waals surface area contributed by atoms with Gasteiger partial charge in [-0.3, -0.25) is 5.10 Å². The second-order valence-electron chi connectivity index (χ2n) is 6.13. The molecule has 0 bridgehead atoms. The number of ether oxygens (including phenoxy) is 2. The van der Waals surface area contributed by atoms with Crippen LogP contribution in [0.2, 0.25) is 0 Å². The van der Waals surface area contributed by atoms with Gasteiger partial charge in [-0.05, 0) is 31.2 Å². The van der Waals surface area contributed by atoms with Crippen LogP contribution in [0, 0.1) is 6.92 Å². The first-order valence-electron chi connectivity index (χ1n) is 8.46. The summed E-state index contributed by atoms with van der Waals surface area (Å²) in [5.41, 5.74) is 2.88. The van der Waals surface area contributed by atoms with Crippen LogP contribution in [-0.2, 0) is 11.3 Å². The quantitative estimate of drug-likeness (QED) is 0.715. The van der Waals surface area contributed by atoms with Crippen LogP contribution in [0.1, 0.15) is 17.7 Å². The number of nitrogens with one attached hydrogen (secondary N) is 2. The summed E-state index contributed by atoms with van der Waals surface area (Å²) in [5, 5.41) is 10.6. The number of anilines is 1. The molecule has 130 valence electrons. The number of H-pyrrole nitrogens is 1. The Bertz CT molecular complexity index is 834. The van der Waals surface area contributed by atoms with E-state index >= 15 is 0 Å². The van der Waals surface area contributed by atoms with Gasteiger partial charge in [-0.1, -0.05) is 12.1 Å². The molecule has 1 unspecified atom stereocenters. The lowest BCUT2D eigenvalue weighted by Crippen LogP contribution is -2.16. The van der Waals surface area contributed by atoms with Gasteiger partial charge in [0.25, 0.3) is 0 Å². The van der Waals surface area contributed by atoms with Gasteiger partial charge in [0.1, 0.15) is 23.3 Å². The van der Waals surface area contributed by atoms with Gasteiger partial charge in [0.2, 0.25) is 0 Å². The molecule has 6 nitrogen and oxygen atoms in total. The number of aromatic amines is 1. The Morgan fingerprint density at radius 1 is 1.28 bits per heavy atom. The summed E-state index contributed by atoms with van der Waals surface area (Å²) < 4.78 is 17.1. The van der Waals surface area contributed by atoms with Gasteiger partial charge >= 0.3 is 0 Å². The van der Waals surface area contributed by atoms with Crippen molar-refractivity contribution in [2.45, 2.75) is 26.0 Å². The maximum absolute atomic E-state index is 6.07. The van der Waals surface area contributed by atoms with E-state index in [-0.39, 0.29) is 6.10 Å². The molecular weight excluding hydrogens is 318 g/mol. The SMILES string of the molecule is Cc1ccc(-c2[nH]ncc2CNc2ccccc2OC2CCOC2)o1. The first-order chi connectivity index (χ1) is 12.3. The summed E-state index contributed by atoms with van der Waals surface area (Å²) in [6.07, 6.45) is 2.87. The first kappa shape index (κ1) is 15.8. The van der Waals surface area contributed by atoms with E-state index in [1.807, 2.05) is 49.5 Å². The average molecular weight is 339 g/mol. The normalized spacial score (nSPS) is 16.9. The van der Waals surface area contributed by atoms with E-state index < -0.39 is 0 Å². The molecule has 0 spiro atoms. The Kier molecular flexibility index (Phi) is 4.43. The number of para-hydroxylation sites is 2.